The minimum Gasteiger partial charge on any atom is -0.264 e. The van der Waals surface area contributed by atoms with Crippen LogP contribution in [0.5, 0.6) is 0 Å². The molecule has 0 bridgehead atoms. The fraction of sp³-hybridized carbons (Fsp3) is 0. The van der Waals surface area contributed by atoms with Gasteiger partial charge in [0.2, 0.25) is 0 Å². The summed E-state index contributed by atoms with van der Waals surface area (Å²) >= 11 is 5.01. The molecule has 0 aliphatic carbocycles. The van der Waals surface area contributed by atoms with Crippen LogP contribution in [-0.4, -0.2) is 21.2 Å². The van der Waals surface area contributed by atoms with Gasteiger partial charge >= 0.3 is 0 Å². The van der Waals surface area contributed by atoms with E-state index in [0.29, 0.717) is 5.82 Å². The first kappa shape index (κ1) is 12.2. The fourth-order valence-corrected chi connectivity index (χ4v) is 3.00. The van der Waals surface area contributed by atoms with Gasteiger partial charge in [-0.1, -0.05) is 6.07 Å². The Labute approximate surface area is 121 Å². The molecule has 0 spiro atoms. The zero-order valence-corrected chi connectivity index (χ0v) is 12.0. The lowest BCUT2D eigenvalue weighted by Crippen LogP contribution is -1.94. The van der Waals surface area contributed by atoms with Gasteiger partial charge in [-0.3, -0.25) is 10.4 Å². The smallest absolute Gasteiger partial charge is 0.167 e. The first-order chi connectivity index (χ1) is 9.33. The Bertz CT molecular complexity index is 725. The summed E-state index contributed by atoms with van der Waals surface area (Å²) in [6, 6.07) is 5.74. The maximum atomic E-state index is 4.20. The highest BCUT2D eigenvalue weighted by Gasteiger charge is 2.06. The molecule has 0 aliphatic rings. The number of aromatic nitrogens is 3. The molecule has 94 valence electrons. The van der Waals surface area contributed by atoms with E-state index in [1.807, 2.05) is 18.2 Å². The van der Waals surface area contributed by atoms with Crippen molar-refractivity contribution in [2.24, 2.45) is 5.10 Å². The van der Waals surface area contributed by atoms with Crippen molar-refractivity contribution in [3.8, 4) is 0 Å². The Morgan fingerprint density at radius 1 is 1.37 bits per heavy atom. The van der Waals surface area contributed by atoms with Gasteiger partial charge in [-0.15, -0.1) is 11.3 Å². The van der Waals surface area contributed by atoms with Crippen LogP contribution in [0, 0.1) is 0 Å². The maximum absolute atomic E-state index is 4.20. The van der Waals surface area contributed by atoms with Gasteiger partial charge in [0, 0.05) is 18.0 Å². The van der Waals surface area contributed by atoms with E-state index in [-0.39, 0.29) is 0 Å². The Hall–Kier alpha value is -1.86. The molecule has 3 heterocycles. The molecule has 0 fully saturated rings. The number of hydrogen-bond donors (Lipinski definition) is 1. The van der Waals surface area contributed by atoms with Gasteiger partial charge in [0.05, 0.1) is 20.2 Å². The summed E-state index contributed by atoms with van der Waals surface area (Å²) in [7, 11) is 0. The van der Waals surface area contributed by atoms with E-state index in [1.165, 1.54) is 6.33 Å². The van der Waals surface area contributed by atoms with Crippen LogP contribution in [0.15, 0.2) is 45.8 Å². The maximum Gasteiger partial charge on any atom is 0.167 e. The summed E-state index contributed by atoms with van der Waals surface area (Å²) in [5.41, 5.74) is 4.75. The van der Waals surface area contributed by atoms with Crippen LogP contribution >= 0.6 is 27.3 Å². The van der Waals surface area contributed by atoms with E-state index in [1.54, 1.807) is 29.9 Å². The summed E-state index contributed by atoms with van der Waals surface area (Å²) < 4.78 is 1.99. The second-order valence-corrected chi connectivity index (χ2v) is 6.07. The van der Waals surface area contributed by atoms with Crippen LogP contribution in [0.3, 0.4) is 0 Å². The molecular formula is C12H8BrN5S. The zero-order valence-electron chi connectivity index (χ0n) is 9.62. The van der Waals surface area contributed by atoms with Gasteiger partial charge < -0.3 is 0 Å². The Morgan fingerprint density at radius 2 is 2.32 bits per heavy atom. The van der Waals surface area contributed by atoms with E-state index >= 15 is 0 Å². The van der Waals surface area contributed by atoms with Crippen molar-refractivity contribution < 1.29 is 0 Å². The lowest BCUT2D eigenvalue weighted by molar-refractivity contribution is 1.19. The van der Waals surface area contributed by atoms with Crippen molar-refractivity contribution in [3.63, 3.8) is 0 Å². The molecule has 7 heteroatoms. The number of nitrogens with zero attached hydrogens (tertiary/aromatic N) is 4. The predicted molar refractivity (Wildman–Crippen MR) is 80.6 cm³/mol. The number of halogens is 1. The topological polar surface area (TPSA) is 63.1 Å². The molecule has 1 N–H and O–H groups in total. The van der Waals surface area contributed by atoms with Gasteiger partial charge in [0.1, 0.15) is 6.33 Å². The fourth-order valence-electron chi connectivity index (χ4n) is 1.53. The van der Waals surface area contributed by atoms with Crippen molar-refractivity contribution in [1.29, 1.82) is 0 Å². The summed E-state index contributed by atoms with van der Waals surface area (Å²) in [6.45, 7) is 0. The summed E-state index contributed by atoms with van der Waals surface area (Å²) in [6.07, 6.45) is 6.68. The summed E-state index contributed by atoms with van der Waals surface area (Å²) in [5, 5.41) is 4.16. The van der Waals surface area contributed by atoms with Gasteiger partial charge in [0.15, 0.2) is 5.82 Å². The molecule has 0 amide bonds. The zero-order chi connectivity index (χ0) is 13.1. The van der Waals surface area contributed by atoms with Crippen molar-refractivity contribution in [2.45, 2.75) is 0 Å². The van der Waals surface area contributed by atoms with Gasteiger partial charge in [-0.25, -0.2) is 9.97 Å². The Morgan fingerprint density at radius 3 is 3.16 bits per heavy atom. The average Bonchev–Trinajstić information content (AvgIpc) is 2.81. The highest BCUT2D eigenvalue weighted by Crippen LogP contribution is 2.32. The second kappa shape index (κ2) is 5.41. The van der Waals surface area contributed by atoms with Gasteiger partial charge in [-0.05, 0) is 28.1 Å². The molecule has 0 aromatic carbocycles. The normalized spacial score (nSPS) is 11.2. The van der Waals surface area contributed by atoms with Crippen LogP contribution in [0.25, 0.3) is 10.2 Å². The van der Waals surface area contributed by atoms with Crippen molar-refractivity contribution >= 4 is 49.5 Å². The number of rotatable bonds is 3. The van der Waals surface area contributed by atoms with Gasteiger partial charge in [-0.2, -0.15) is 5.10 Å². The molecule has 3 rings (SSSR count). The molecule has 3 aromatic heterocycles. The van der Waals surface area contributed by atoms with E-state index < -0.39 is 0 Å². The van der Waals surface area contributed by atoms with E-state index in [4.69, 9.17) is 0 Å². The van der Waals surface area contributed by atoms with Crippen molar-refractivity contribution in [1.82, 2.24) is 15.0 Å². The summed E-state index contributed by atoms with van der Waals surface area (Å²) in [4.78, 5) is 12.4. The largest absolute Gasteiger partial charge is 0.264 e. The number of anilines is 1. The van der Waals surface area contributed by atoms with E-state index in [2.05, 4.69) is 41.4 Å². The number of pyridine rings is 1. The number of fused-ring (bicyclic) bond motifs is 1. The third-order valence-electron chi connectivity index (χ3n) is 2.35. The molecule has 0 atom stereocenters. The quantitative estimate of drug-likeness (QED) is 0.590. The Balaban J connectivity index is 1.84. The standard InChI is InChI=1S/C12H8BrN5S/c13-10-4-9-11(19-10)12(16-7-15-9)18-17-6-8-2-1-3-14-5-8/h1-7H,(H,15,16,18). The Kier molecular flexibility index (Phi) is 3.47. The molecular weight excluding hydrogens is 326 g/mol. The molecule has 3 aromatic rings. The monoisotopic (exact) mass is 333 g/mol. The third-order valence-corrected chi connectivity index (χ3v) is 3.98. The van der Waals surface area contributed by atoms with Crippen LogP contribution in [0.1, 0.15) is 5.56 Å². The predicted octanol–water partition coefficient (Wildman–Crippen LogP) is 3.29. The first-order valence-electron chi connectivity index (χ1n) is 5.42. The number of nitrogens with one attached hydrogen (secondary N) is 1. The minimum absolute atomic E-state index is 0.695. The van der Waals surface area contributed by atoms with Gasteiger partial charge in [0.25, 0.3) is 0 Å². The van der Waals surface area contributed by atoms with Crippen molar-refractivity contribution in [2.75, 3.05) is 5.43 Å². The minimum atomic E-state index is 0.695. The number of hydrazone groups is 1. The van der Waals surface area contributed by atoms with E-state index in [0.717, 1.165) is 19.6 Å². The summed E-state index contributed by atoms with van der Waals surface area (Å²) in [5.74, 6) is 0.695. The number of hydrogen-bond acceptors (Lipinski definition) is 6. The SMILES string of the molecule is Brc1cc2ncnc(NN=Cc3cccnc3)c2s1. The van der Waals surface area contributed by atoms with Crippen molar-refractivity contribution in [3.05, 3.63) is 46.3 Å². The molecule has 0 saturated heterocycles. The van der Waals surface area contributed by atoms with Crippen LogP contribution in [0.4, 0.5) is 5.82 Å². The molecule has 19 heavy (non-hydrogen) atoms. The molecule has 0 saturated carbocycles. The molecule has 0 unspecified atom stereocenters. The van der Waals surface area contributed by atoms with Crippen LogP contribution < -0.4 is 5.43 Å². The highest BCUT2D eigenvalue weighted by atomic mass is 79.9. The average molecular weight is 334 g/mol. The van der Waals surface area contributed by atoms with Crippen LogP contribution in [0.2, 0.25) is 0 Å². The molecule has 5 nitrogen and oxygen atoms in total. The second-order valence-electron chi connectivity index (χ2n) is 3.64. The highest BCUT2D eigenvalue weighted by molar-refractivity contribution is 9.11. The number of thiophene rings is 1. The molecule has 0 radical (unpaired) electrons. The van der Waals surface area contributed by atoms with Crippen LogP contribution in [-0.2, 0) is 0 Å². The third kappa shape index (κ3) is 2.77. The molecule has 0 aliphatic heterocycles. The lowest BCUT2D eigenvalue weighted by Gasteiger charge is -1.99. The van der Waals surface area contributed by atoms with E-state index in [9.17, 15) is 0 Å². The lowest BCUT2D eigenvalue weighted by atomic mass is 10.3. The first-order valence-corrected chi connectivity index (χ1v) is 7.03.